The second-order valence-corrected chi connectivity index (χ2v) is 16.2. The van der Waals surface area contributed by atoms with Crippen LogP contribution in [0.3, 0.4) is 0 Å². The first kappa shape index (κ1) is 38.9. The molecule has 14 nitrogen and oxygen atoms in total. The summed E-state index contributed by atoms with van der Waals surface area (Å²) in [6, 6.07) is 21.2. The van der Waals surface area contributed by atoms with Crippen LogP contribution in [0, 0.1) is 23.2 Å². The summed E-state index contributed by atoms with van der Waals surface area (Å²) < 4.78 is 20.8. The minimum absolute atomic E-state index is 0.0658. The molecule has 4 aromatic heterocycles. The van der Waals surface area contributed by atoms with Crippen molar-refractivity contribution in [3.05, 3.63) is 108 Å². The Balaban J connectivity index is 0.682. The summed E-state index contributed by atoms with van der Waals surface area (Å²) in [5.41, 5.74) is 7.54. The van der Waals surface area contributed by atoms with Crippen LogP contribution in [0.1, 0.15) is 65.7 Å². The number of hydrogen-bond acceptors (Lipinski definition) is 11. The third-order valence-electron chi connectivity index (χ3n) is 12.4. The van der Waals surface area contributed by atoms with Gasteiger partial charge < -0.3 is 28.6 Å². The Bertz CT molecular complexity index is 2860. The Morgan fingerprint density at radius 1 is 0.855 bits per heavy atom. The lowest BCUT2D eigenvalue weighted by atomic mass is 9.91. The average molecular weight is 827 g/mol. The van der Waals surface area contributed by atoms with Crippen LogP contribution < -0.4 is 19.7 Å². The first-order chi connectivity index (χ1) is 30.3. The van der Waals surface area contributed by atoms with E-state index in [1.165, 1.54) is 10.3 Å². The number of imide groups is 1. The Morgan fingerprint density at radius 3 is 2.52 bits per heavy atom. The van der Waals surface area contributed by atoms with Crippen LogP contribution in [0.5, 0.6) is 11.6 Å². The fourth-order valence-electron chi connectivity index (χ4n) is 9.00. The standard InChI is InChI=1S/C48H42N8O6/c1-54-41-12-15-50-27-40(41)39-7-4-29(20-44(39)54)30-5-11-46(52-25-30)62-37-22-36(23-37)61-34-13-16-55(17-14-34)43-21-33(51-26-32(43)24-49)3-2-18-60-35-6-8-38-31(19-35)28-56(48(38)59)42-9-10-45(57)53-47(42)58/h4-8,11-12,15,19-21,25-27,34,36-37,42H,9-10,13-14,16-18,22-23,28H2,1H3,(H,53,57,58)/t36-,37-,42?. The van der Waals surface area contributed by atoms with Gasteiger partial charge in [0.15, 0.2) is 0 Å². The molecule has 3 amide bonds. The monoisotopic (exact) mass is 826 g/mol. The van der Waals surface area contributed by atoms with Crippen molar-refractivity contribution in [2.75, 3.05) is 24.6 Å². The van der Waals surface area contributed by atoms with E-state index in [-0.39, 0.29) is 49.7 Å². The highest BCUT2D eigenvalue weighted by atomic mass is 16.5. The van der Waals surface area contributed by atoms with Gasteiger partial charge in [-0.05, 0) is 78.8 Å². The number of fused-ring (bicyclic) bond motifs is 4. The van der Waals surface area contributed by atoms with E-state index in [1.807, 2.05) is 36.8 Å². The summed E-state index contributed by atoms with van der Waals surface area (Å²) in [4.78, 5) is 54.0. The van der Waals surface area contributed by atoms with Gasteiger partial charge in [0.2, 0.25) is 17.7 Å². The summed E-state index contributed by atoms with van der Waals surface area (Å²) in [5, 5.41) is 14.5. The smallest absolute Gasteiger partial charge is 0.255 e. The van der Waals surface area contributed by atoms with Gasteiger partial charge in [0.25, 0.3) is 5.91 Å². The zero-order chi connectivity index (χ0) is 42.3. The molecule has 1 atom stereocenters. The van der Waals surface area contributed by atoms with Gasteiger partial charge in [0.1, 0.15) is 36.3 Å². The summed E-state index contributed by atoms with van der Waals surface area (Å²) >= 11 is 0. The van der Waals surface area contributed by atoms with E-state index in [0.29, 0.717) is 34.9 Å². The molecule has 310 valence electrons. The van der Waals surface area contributed by atoms with Crippen LogP contribution in [0.2, 0.25) is 0 Å². The molecule has 1 saturated carbocycles. The normalized spacial score (nSPS) is 20.0. The van der Waals surface area contributed by atoms with Crippen molar-refractivity contribution in [2.45, 2.75) is 69.4 Å². The number of pyridine rings is 3. The third-order valence-corrected chi connectivity index (χ3v) is 12.4. The third kappa shape index (κ3) is 7.54. The lowest BCUT2D eigenvalue weighted by Gasteiger charge is -2.40. The predicted molar refractivity (Wildman–Crippen MR) is 229 cm³/mol. The van der Waals surface area contributed by atoms with Crippen molar-refractivity contribution in [1.29, 1.82) is 5.26 Å². The molecule has 1 N–H and O–H groups in total. The minimum atomic E-state index is -0.674. The summed E-state index contributed by atoms with van der Waals surface area (Å²) in [6.07, 6.45) is 11.3. The van der Waals surface area contributed by atoms with E-state index in [2.05, 4.69) is 79.0 Å². The number of aryl methyl sites for hydroxylation is 1. The lowest BCUT2D eigenvalue weighted by Crippen LogP contribution is -2.52. The molecule has 14 heteroatoms. The summed E-state index contributed by atoms with van der Waals surface area (Å²) in [7, 11) is 2.08. The largest absolute Gasteiger partial charge is 0.481 e. The number of ether oxygens (including phenoxy) is 3. The molecule has 3 aliphatic heterocycles. The Morgan fingerprint density at radius 2 is 1.71 bits per heavy atom. The molecular weight excluding hydrogens is 785 g/mol. The molecule has 3 fully saturated rings. The molecular formula is C48H42N8O6. The number of carbonyl (C=O) groups is 3. The number of nitrogens with one attached hydrogen (secondary N) is 1. The maximum atomic E-state index is 13.0. The van der Waals surface area contributed by atoms with Crippen LogP contribution in [0.25, 0.3) is 32.9 Å². The van der Waals surface area contributed by atoms with Gasteiger partial charge in [-0.1, -0.05) is 18.1 Å². The maximum Gasteiger partial charge on any atom is 0.255 e. The zero-order valence-electron chi connectivity index (χ0n) is 34.0. The molecule has 6 aromatic rings. The van der Waals surface area contributed by atoms with Crippen molar-refractivity contribution in [2.24, 2.45) is 7.05 Å². The minimum Gasteiger partial charge on any atom is -0.481 e. The van der Waals surface area contributed by atoms with Crippen molar-refractivity contribution >= 4 is 45.2 Å². The van der Waals surface area contributed by atoms with Gasteiger partial charge in [0, 0.05) is 104 Å². The van der Waals surface area contributed by atoms with Crippen molar-refractivity contribution < 1.29 is 28.6 Å². The molecule has 4 aliphatic rings. The van der Waals surface area contributed by atoms with Gasteiger partial charge in [-0.3, -0.25) is 24.7 Å². The van der Waals surface area contributed by atoms with Crippen LogP contribution in [-0.4, -0.2) is 86.2 Å². The number of anilines is 1. The number of piperidine rings is 2. The molecule has 1 aliphatic carbocycles. The second-order valence-electron chi connectivity index (χ2n) is 16.2. The highest BCUT2D eigenvalue weighted by molar-refractivity contribution is 6.08. The number of benzene rings is 2. The zero-order valence-corrected chi connectivity index (χ0v) is 34.0. The number of carbonyl (C=O) groups excluding carboxylic acids is 3. The van der Waals surface area contributed by atoms with Crippen LogP contribution in [0.4, 0.5) is 5.69 Å². The van der Waals surface area contributed by atoms with Crippen LogP contribution in [0.15, 0.2) is 85.5 Å². The number of hydrogen-bond donors (Lipinski definition) is 1. The fraction of sp³-hybridized carbons (Fsp3) is 0.312. The highest BCUT2D eigenvalue weighted by Crippen LogP contribution is 2.35. The Hall–Kier alpha value is -7.29. The second kappa shape index (κ2) is 16.3. The summed E-state index contributed by atoms with van der Waals surface area (Å²) in [6.45, 7) is 1.84. The molecule has 0 bridgehead atoms. The van der Waals surface area contributed by atoms with E-state index >= 15 is 0 Å². The van der Waals surface area contributed by atoms with Crippen LogP contribution >= 0.6 is 0 Å². The molecule has 62 heavy (non-hydrogen) atoms. The maximum absolute atomic E-state index is 13.0. The number of nitrogens with zero attached hydrogens (tertiary/aromatic N) is 7. The van der Waals surface area contributed by atoms with E-state index in [1.54, 1.807) is 24.4 Å². The van der Waals surface area contributed by atoms with Crippen molar-refractivity contribution in [1.82, 2.24) is 29.7 Å². The van der Waals surface area contributed by atoms with Crippen molar-refractivity contribution in [3.63, 3.8) is 0 Å². The highest BCUT2D eigenvalue weighted by Gasteiger charge is 2.39. The number of rotatable bonds is 9. The molecule has 7 heterocycles. The van der Waals surface area contributed by atoms with Gasteiger partial charge in [-0.25, -0.2) is 9.97 Å². The first-order valence-corrected chi connectivity index (χ1v) is 20.9. The van der Waals surface area contributed by atoms with Crippen molar-refractivity contribution in [3.8, 4) is 40.7 Å². The number of amides is 3. The molecule has 1 unspecified atom stereocenters. The topological polar surface area (TPSA) is 165 Å². The van der Waals surface area contributed by atoms with Gasteiger partial charge >= 0.3 is 0 Å². The first-order valence-electron chi connectivity index (χ1n) is 20.9. The summed E-state index contributed by atoms with van der Waals surface area (Å²) in [5.74, 6) is 6.23. The average Bonchev–Trinajstić information content (AvgIpc) is 3.76. The quantitative estimate of drug-likeness (QED) is 0.138. The SMILES string of the molecule is Cn1c2ccncc2c2ccc(-c3ccc(O[C@H]4C[C@H](OC5CCN(c6cc(C#CCOc7ccc8c(c7)CN(C7CCC(=O)NC7=O)C8=O)ncc6C#N)CC5)C4)nc3)cc21. The predicted octanol–water partition coefficient (Wildman–Crippen LogP) is 5.84. The molecule has 2 saturated heterocycles. The molecule has 2 aromatic carbocycles. The fourth-order valence-corrected chi connectivity index (χ4v) is 9.00. The number of aromatic nitrogens is 4. The molecule has 0 spiro atoms. The lowest BCUT2D eigenvalue weighted by molar-refractivity contribution is -0.136. The van der Waals surface area contributed by atoms with Crippen LogP contribution in [-0.2, 0) is 27.9 Å². The number of nitriles is 1. The van der Waals surface area contributed by atoms with E-state index in [4.69, 9.17) is 14.2 Å². The molecule has 0 radical (unpaired) electrons. The van der Waals surface area contributed by atoms with E-state index < -0.39 is 11.9 Å². The Kier molecular flexibility index (Phi) is 10.2. The van der Waals surface area contributed by atoms with E-state index in [9.17, 15) is 19.6 Å². The Labute approximate surface area is 357 Å². The van der Waals surface area contributed by atoms with Gasteiger partial charge in [0.05, 0.1) is 29.0 Å². The van der Waals surface area contributed by atoms with Gasteiger partial charge in [-0.2, -0.15) is 5.26 Å². The van der Waals surface area contributed by atoms with Gasteiger partial charge in [-0.15, -0.1) is 0 Å². The molecule has 10 rings (SSSR count). The van der Waals surface area contributed by atoms with E-state index in [0.717, 1.165) is 77.6 Å².